The summed E-state index contributed by atoms with van der Waals surface area (Å²) in [5.41, 5.74) is 0. The molecular formula is C13H19N5O2. The van der Waals surface area contributed by atoms with Crippen molar-refractivity contribution in [2.75, 3.05) is 6.54 Å². The van der Waals surface area contributed by atoms with Crippen LogP contribution in [0.2, 0.25) is 0 Å². The first-order valence-electron chi connectivity index (χ1n) is 6.73. The first-order valence-corrected chi connectivity index (χ1v) is 6.73. The number of amides is 1. The second-order valence-corrected chi connectivity index (χ2v) is 4.52. The van der Waals surface area contributed by atoms with E-state index < -0.39 is 0 Å². The molecule has 0 aliphatic rings. The second-order valence-electron chi connectivity index (χ2n) is 4.52. The van der Waals surface area contributed by atoms with Crippen LogP contribution in [0.15, 0.2) is 23.0 Å². The highest BCUT2D eigenvalue weighted by molar-refractivity contribution is 5.75. The number of hydrogen-bond donors (Lipinski definition) is 0. The van der Waals surface area contributed by atoms with Crippen molar-refractivity contribution >= 4 is 5.91 Å². The molecule has 0 saturated carbocycles. The third-order valence-electron chi connectivity index (χ3n) is 2.97. The van der Waals surface area contributed by atoms with Crippen LogP contribution in [0.1, 0.15) is 31.5 Å². The van der Waals surface area contributed by atoms with Crippen molar-refractivity contribution in [2.24, 2.45) is 0 Å². The van der Waals surface area contributed by atoms with Gasteiger partial charge in [-0.15, -0.1) is 0 Å². The lowest BCUT2D eigenvalue weighted by molar-refractivity contribution is -0.132. The maximum absolute atomic E-state index is 12.1. The van der Waals surface area contributed by atoms with E-state index >= 15 is 0 Å². The maximum Gasteiger partial charge on any atom is 0.246 e. The highest BCUT2D eigenvalue weighted by Crippen LogP contribution is 2.06. The largest absolute Gasteiger partial charge is 0.337 e. The van der Waals surface area contributed by atoms with Crippen LogP contribution in [-0.4, -0.2) is 37.3 Å². The van der Waals surface area contributed by atoms with Crippen LogP contribution >= 0.6 is 0 Å². The van der Waals surface area contributed by atoms with Gasteiger partial charge in [-0.2, -0.15) is 10.1 Å². The van der Waals surface area contributed by atoms with E-state index in [-0.39, 0.29) is 5.91 Å². The monoisotopic (exact) mass is 277 g/mol. The van der Waals surface area contributed by atoms with Crippen LogP contribution in [0, 0.1) is 6.92 Å². The Morgan fingerprint density at radius 2 is 2.35 bits per heavy atom. The van der Waals surface area contributed by atoms with Gasteiger partial charge in [-0.3, -0.25) is 9.48 Å². The molecule has 0 bridgehead atoms. The van der Waals surface area contributed by atoms with E-state index in [1.54, 1.807) is 18.0 Å². The van der Waals surface area contributed by atoms with Gasteiger partial charge in [-0.25, -0.2) is 0 Å². The van der Waals surface area contributed by atoms with Gasteiger partial charge in [0.25, 0.3) is 0 Å². The van der Waals surface area contributed by atoms with E-state index in [1.165, 1.54) is 0 Å². The zero-order chi connectivity index (χ0) is 14.4. The molecule has 0 N–H and O–H groups in total. The predicted molar refractivity (Wildman–Crippen MR) is 71.6 cm³/mol. The lowest BCUT2D eigenvalue weighted by atomic mass is 10.2. The van der Waals surface area contributed by atoms with Gasteiger partial charge >= 0.3 is 0 Å². The summed E-state index contributed by atoms with van der Waals surface area (Å²) in [6.07, 6.45) is 4.88. The normalized spacial score (nSPS) is 10.7. The van der Waals surface area contributed by atoms with Crippen molar-refractivity contribution in [3.05, 3.63) is 30.2 Å². The van der Waals surface area contributed by atoms with E-state index in [9.17, 15) is 4.79 Å². The van der Waals surface area contributed by atoms with Crippen molar-refractivity contribution in [3.8, 4) is 0 Å². The Bertz CT molecular complexity index is 535. The predicted octanol–water partition coefficient (Wildman–Crippen LogP) is 1.40. The minimum Gasteiger partial charge on any atom is -0.337 e. The highest BCUT2D eigenvalue weighted by atomic mass is 16.5. The molecule has 0 fully saturated rings. The second kappa shape index (κ2) is 6.83. The molecule has 0 aliphatic carbocycles. The van der Waals surface area contributed by atoms with Crippen LogP contribution in [0.5, 0.6) is 0 Å². The van der Waals surface area contributed by atoms with E-state index in [0.717, 1.165) is 13.0 Å². The molecule has 0 saturated heterocycles. The molecule has 0 aromatic carbocycles. The SMILES string of the molecule is CCN(Cc1nc(C)no1)C(=O)CCCn1cccn1. The summed E-state index contributed by atoms with van der Waals surface area (Å²) < 4.78 is 6.87. The summed E-state index contributed by atoms with van der Waals surface area (Å²) in [5, 5.41) is 7.83. The van der Waals surface area contributed by atoms with E-state index in [0.29, 0.717) is 31.2 Å². The molecule has 2 aromatic rings. The molecule has 2 heterocycles. The minimum absolute atomic E-state index is 0.0931. The molecular weight excluding hydrogens is 258 g/mol. The average Bonchev–Trinajstić information content (AvgIpc) is 3.07. The summed E-state index contributed by atoms with van der Waals surface area (Å²) in [5.74, 6) is 1.16. The number of aryl methyl sites for hydroxylation is 2. The molecule has 0 spiro atoms. The number of hydrogen-bond acceptors (Lipinski definition) is 5. The summed E-state index contributed by atoms with van der Waals surface area (Å²) >= 11 is 0. The Hall–Kier alpha value is -2.18. The van der Waals surface area contributed by atoms with Gasteiger partial charge in [0, 0.05) is 31.9 Å². The molecule has 2 aromatic heterocycles. The third kappa shape index (κ3) is 3.91. The topological polar surface area (TPSA) is 77.0 Å². The van der Waals surface area contributed by atoms with Crippen LogP contribution < -0.4 is 0 Å². The van der Waals surface area contributed by atoms with Crippen molar-refractivity contribution in [3.63, 3.8) is 0 Å². The quantitative estimate of drug-likeness (QED) is 0.764. The Labute approximate surface area is 117 Å². The van der Waals surface area contributed by atoms with Crippen molar-refractivity contribution in [1.82, 2.24) is 24.8 Å². The Kier molecular flexibility index (Phi) is 4.86. The summed E-state index contributed by atoms with van der Waals surface area (Å²) in [7, 11) is 0. The fourth-order valence-corrected chi connectivity index (χ4v) is 1.93. The van der Waals surface area contributed by atoms with Crippen LogP contribution in [-0.2, 0) is 17.9 Å². The highest BCUT2D eigenvalue weighted by Gasteiger charge is 2.15. The van der Waals surface area contributed by atoms with Crippen molar-refractivity contribution in [1.29, 1.82) is 0 Å². The lowest BCUT2D eigenvalue weighted by Crippen LogP contribution is -2.30. The molecule has 7 nitrogen and oxygen atoms in total. The molecule has 0 aliphatic heterocycles. The fourth-order valence-electron chi connectivity index (χ4n) is 1.93. The summed E-state index contributed by atoms with van der Waals surface area (Å²) in [6.45, 7) is 5.44. The minimum atomic E-state index is 0.0931. The molecule has 7 heteroatoms. The zero-order valence-electron chi connectivity index (χ0n) is 11.8. The Morgan fingerprint density at radius 1 is 1.50 bits per heavy atom. The number of carbonyl (C=O) groups excluding carboxylic acids is 1. The van der Waals surface area contributed by atoms with Gasteiger partial charge < -0.3 is 9.42 Å². The summed E-state index contributed by atoms with van der Waals surface area (Å²) in [6, 6.07) is 1.87. The van der Waals surface area contributed by atoms with Gasteiger partial charge in [0.2, 0.25) is 11.8 Å². The van der Waals surface area contributed by atoms with Crippen molar-refractivity contribution < 1.29 is 9.32 Å². The van der Waals surface area contributed by atoms with Crippen LogP contribution in [0.3, 0.4) is 0 Å². The molecule has 0 unspecified atom stereocenters. The molecule has 20 heavy (non-hydrogen) atoms. The van der Waals surface area contributed by atoms with Crippen LogP contribution in [0.25, 0.3) is 0 Å². The fraction of sp³-hybridized carbons (Fsp3) is 0.538. The number of rotatable bonds is 7. The van der Waals surface area contributed by atoms with E-state index in [1.807, 2.05) is 23.9 Å². The van der Waals surface area contributed by atoms with Gasteiger partial charge in [-0.05, 0) is 26.3 Å². The molecule has 0 atom stereocenters. The molecule has 1 amide bonds. The smallest absolute Gasteiger partial charge is 0.246 e. The Morgan fingerprint density at radius 3 is 2.95 bits per heavy atom. The van der Waals surface area contributed by atoms with Gasteiger partial charge in [0.15, 0.2) is 5.82 Å². The van der Waals surface area contributed by atoms with Gasteiger partial charge in [0.1, 0.15) is 0 Å². The van der Waals surface area contributed by atoms with E-state index in [4.69, 9.17) is 4.52 Å². The van der Waals surface area contributed by atoms with Gasteiger partial charge in [-0.1, -0.05) is 5.16 Å². The zero-order valence-corrected chi connectivity index (χ0v) is 11.8. The summed E-state index contributed by atoms with van der Waals surface area (Å²) in [4.78, 5) is 18.0. The number of nitrogens with zero attached hydrogens (tertiary/aromatic N) is 5. The standard InChI is InChI=1S/C13H19N5O2/c1-3-17(10-12-15-11(2)16-20-12)13(19)6-4-8-18-9-5-7-14-18/h5,7,9H,3-4,6,8,10H2,1-2H3. The first kappa shape index (κ1) is 14.2. The van der Waals surface area contributed by atoms with Crippen LogP contribution in [0.4, 0.5) is 0 Å². The third-order valence-corrected chi connectivity index (χ3v) is 2.97. The first-order chi connectivity index (χ1) is 9.69. The molecule has 2 rings (SSSR count). The number of carbonyl (C=O) groups is 1. The Balaban J connectivity index is 1.79. The molecule has 108 valence electrons. The van der Waals surface area contributed by atoms with Crippen molar-refractivity contribution in [2.45, 2.75) is 39.8 Å². The number of aromatic nitrogens is 4. The lowest BCUT2D eigenvalue weighted by Gasteiger charge is -2.18. The van der Waals surface area contributed by atoms with Gasteiger partial charge in [0.05, 0.1) is 6.54 Å². The maximum atomic E-state index is 12.1. The average molecular weight is 277 g/mol. The van der Waals surface area contributed by atoms with E-state index in [2.05, 4.69) is 15.2 Å². The molecule has 0 radical (unpaired) electrons.